The molecule has 1 heterocycles. The van der Waals surface area contributed by atoms with Crippen molar-refractivity contribution in [2.75, 3.05) is 0 Å². The molecule has 0 N–H and O–H groups in total. The van der Waals surface area contributed by atoms with E-state index >= 15 is 0 Å². The van der Waals surface area contributed by atoms with Gasteiger partial charge < -0.3 is 4.74 Å². The van der Waals surface area contributed by atoms with Crippen LogP contribution in [0.15, 0.2) is 34.8 Å². The molecule has 0 saturated heterocycles. The molecule has 4 heteroatoms. The van der Waals surface area contributed by atoms with E-state index < -0.39 is 0 Å². The van der Waals surface area contributed by atoms with Crippen LogP contribution in [0.4, 0.5) is 0 Å². The lowest BCUT2D eigenvalue weighted by molar-refractivity contribution is 0.458. The van der Waals surface area contributed by atoms with Crippen molar-refractivity contribution in [2.45, 2.75) is 13.8 Å². The van der Waals surface area contributed by atoms with Crippen LogP contribution in [0.5, 0.6) is 11.6 Å². The van der Waals surface area contributed by atoms with Crippen molar-refractivity contribution in [2.24, 2.45) is 0 Å². The Kier molecular flexibility index (Phi) is 3.63. The van der Waals surface area contributed by atoms with Gasteiger partial charge in [-0.3, -0.25) is 0 Å². The van der Waals surface area contributed by atoms with Crippen LogP contribution in [0.1, 0.15) is 16.8 Å². The normalized spacial score (nSPS) is 9.89. The quantitative estimate of drug-likeness (QED) is 0.838. The maximum absolute atomic E-state index is 8.91. The molecule has 0 aliphatic carbocycles. The summed E-state index contributed by atoms with van der Waals surface area (Å²) >= 11 is 3.40. The van der Waals surface area contributed by atoms with E-state index in [1.807, 2.05) is 32.0 Å². The van der Waals surface area contributed by atoms with Gasteiger partial charge in [0.15, 0.2) is 0 Å². The van der Waals surface area contributed by atoms with Gasteiger partial charge in [0, 0.05) is 16.2 Å². The molecule has 0 aliphatic heterocycles. The van der Waals surface area contributed by atoms with E-state index in [2.05, 4.69) is 27.0 Å². The first kappa shape index (κ1) is 12.6. The van der Waals surface area contributed by atoms with Gasteiger partial charge in [-0.05, 0) is 37.6 Å². The molecule has 2 aromatic rings. The van der Waals surface area contributed by atoms with E-state index in [1.165, 1.54) is 0 Å². The zero-order valence-electron chi connectivity index (χ0n) is 10.1. The molecule has 0 bridgehead atoms. The number of rotatable bonds is 2. The van der Waals surface area contributed by atoms with Crippen molar-refractivity contribution < 1.29 is 4.74 Å². The standard InChI is InChI=1S/C14H11BrN2O/c1-9-3-4-12(15)7-13(9)18-14-6-11(8-16)5-10(2)17-14/h3-7H,1-2H3. The lowest BCUT2D eigenvalue weighted by atomic mass is 10.2. The Bertz CT molecular complexity index is 632. The SMILES string of the molecule is Cc1cc(C#N)cc(Oc2cc(Br)ccc2C)n1. The van der Waals surface area contributed by atoms with Gasteiger partial charge in [0.25, 0.3) is 0 Å². The Morgan fingerprint density at radius 3 is 2.72 bits per heavy atom. The Morgan fingerprint density at radius 1 is 1.22 bits per heavy atom. The van der Waals surface area contributed by atoms with Crippen molar-refractivity contribution >= 4 is 15.9 Å². The van der Waals surface area contributed by atoms with Crippen LogP contribution >= 0.6 is 15.9 Å². The minimum atomic E-state index is 0.438. The van der Waals surface area contributed by atoms with E-state index in [-0.39, 0.29) is 0 Å². The molecule has 0 unspecified atom stereocenters. The summed E-state index contributed by atoms with van der Waals surface area (Å²) in [6.45, 7) is 3.80. The van der Waals surface area contributed by atoms with Gasteiger partial charge in [0.2, 0.25) is 5.88 Å². The number of aromatic nitrogens is 1. The summed E-state index contributed by atoms with van der Waals surface area (Å²) in [7, 11) is 0. The highest BCUT2D eigenvalue weighted by Crippen LogP contribution is 2.27. The maximum atomic E-state index is 8.91. The minimum Gasteiger partial charge on any atom is -0.439 e. The number of nitriles is 1. The summed E-state index contributed by atoms with van der Waals surface area (Å²) in [5, 5.41) is 8.91. The van der Waals surface area contributed by atoms with E-state index in [9.17, 15) is 0 Å². The van der Waals surface area contributed by atoms with Crippen LogP contribution in [0.25, 0.3) is 0 Å². The zero-order valence-corrected chi connectivity index (χ0v) is 11.7. The van der Waals surface area contributed by atoms with E-state index in [4.69, 9.17) is 10.00 Å². The van der Waals surface area contributed by atoms with Crippen molar-refractivity contribution in [3.8, 4) is 17.7 Å². The van der Waals surface area contributed by atoms with Crippen LogP contribution < -0.4 is 4.74 Å². The van der Waals surface area contributed by atoms with Gasteiger partial charge in [0.1, 0.15) is 5.75 Å². The molecule has 90 valence electrons. The second-order valence-corrected chi connectivity index (χ2v) is 4.87. The van der Waals surface area contributed by atoms with Crippen LogP contribution in [0.3, 0.4) is 0 Å². The molecule has 0 amide bonds. The second-order valence-electron chi connectivity index (χ2n) is 3.96. The van der Waals surface area contributed by atoms with Crippen molar-refractivity contribution in [3.05, 3.63) is 51.6 Å². The Labute approximate surface area is 114 Å². The number of nitrogens with zero attached hydrogens (tertiary/aromatic N) is 2. The van der Waals surface area contributed by atoms with E-state index in [1.54, 1.807) is 12.1 Å². The Balaban J connectivity index is 2.37. The van der Waals surface area contributed by atoms with E-state index in [0.717, 1.165) is 21.5 Å². The van der Waals surface area contributed by atoms with E-state index in [0.29, 0.717) is 11.4 Å². The topological polar surface area (TPSA) is 45.9 Å². The number of halogens is 1. The molecular formula is C14H11BrN2O. The zero-order chi connectivity index (χ0) is 13.1. The summed E-state index contributed by atoms with van der Waals surface area (Å²) < 4.78 is 6.66. The van der Waals surface area contributed by atoms with Gasteiger partial charge in [-0.15, -0.1) is 0 Å². The molecule has 1 aromatic heterocycles. The molecule has 0 radical (unpaired) electrons. The summed E-state index contributed by atoms with van der Waals surface area (Å²) in [5.74, 6) is 1.17. The fourth-order valence-corrected chi connectivity index (χ4v) is 1.89. The van der Waals surface area contributed by atoms with Gasteiger partial charge in [-0.1, -0.05) is 22.0 Å². The Hall–Kier alpha value is -1.86. The maximum Gasteiger partial charge on any atom is 0.220 e. The van der Waals surface area contributed by atoms with Gasteiger partial charge >= 0.3 is 0 Å². The van der Waals surface area contributed by atoms with Gasteiger partial charge in [0.05, 0.1) is 11.6 Å². The minimum absolute atomic E-state index is 0.438. The lowest BCUT2D eigenvalue weighted by Crippen LogP contribution is -1.93. The first-order valence-corrected chi connectivity index (χ1v) is 6.20. The number of benzene rings is 1. The first-order chi connectivity index (χ1) is 8.58. The highest BCUT2D eigenvalue weighted by Gasteiger charge is 2.05. The third-order valence-electron chi connectivity index (χ3n) is 2.42. The van der Waals surface area contributed by atoms with Crippen LogP contribution in [-0.4, -0.2) is 4.98 Å². The molecule has 2 rings (SSSR count). The molecule has 0 spiro atoms. The monoisotopic (exact) mass is 302 g/mol. The lowest BCUT2D eigenvalue weighted by Gasteiger charge is -2.09. The molecule has 0 atom stereocenters. The van der Waals surface area contributed by atoms with Gasteiger partial charge in [-0.2, -0.15) is 5.26 Å². The largest absolute Gasteiger partial charge is 0.439 e. The van der Waals surface area contributed by atoms with Crippen molar-refractivity contribution in [1.82, 2.24) is 4.98 Å². The summed E-state index contributed by atoms with van der Waals surface area (Å²) in [6, 6.07) is 11.2. The predicted molar refractivity (Wildman–Crippen MR) is 72.6 cm³/mol. The average molecular weight is 303 g/mol. The summed E-state index contributed by atoms with van der Waals surface area (Å²) in [5.41, 5.74) is 2.32. The number of hydrogen-bond donors (Lipinski definition) is 0. The number of pyridine rings is 1. The highest BCUT2D eigenvalue weighted by molar-refractivity contribution is 9.10. The smallest absolute Gasteiger partial charge is 0.220 e. The third kappa shape index (κ3) is 2.88. The highest BCUT2D eigenvalue weighted by atomic mass is 79.9. The molecular weight excluding hydrogens is 292 g/mol. The molecule has 1 aromatic carbocycles. The van der Waals surface area contributed by atoms with Gasteiger partial charge in [-0.25, -0.2) is 4.98 Å². The third-order valence-corrected chi connectivity index (χ3v) is 2.92. The van der Waals surface area contributed by atoms with Crippen molar-refractivity contribution in [1.29, 1.82) is 5.26 Å². The average Bonchev–Trinajstić information content (AvgIpc) is 2.33. The van der Waals surface area contributed by atoms with Crippen LogP contribution in [0.2, 0.25) is 0 Å². The molecule has 0 fully saturated rings. The summed E-state index contributed by atoms with van der Waals surface area (Å²) in [4.78, 5) is 4.26. The molecule has 3 nitrogen and oxygen atoms in total. The number of aryl methyl sites for hydroxylation is 2. The fourth-order valence-electron chi connectivity index (χ4n) is 1.55. The van der Waals surface area contributed by atoms with Crippen LogP contribution in [0, 0.1) is 25.2 Å². The molecule has 0 aliphatic rings. The fraction of sp³-hybridized carbons (Fsp3) is 0.143. The van der Waals surface area contributed by atoms with Crippen molar-refractivity contribution in [3.63, 3.8) is 0 Å². The summed E-state index contributed by atoms with van der Waals surface area (Å²) in [6.07, 6.45) is 0. The number of hydrogen-bond acceptors (Lipinski definition) is 3. The number of ether oxygens (including phenoxy) is 1. The predicted octanol–water partition coefficient (Wildman–Crippen LogP) is 4.12. The second kappa shape index (κ2) is 5.19. The first-order valence-electron chi connectivity index (χ1n) is 5.41. The van der Waals surface area contributed by atoms with Crippen LogP contribution in [-0.2, 0) is 0 Å². The molecule has 0 saturated carbocycles. The molecule has 18 heavy (non-hydrogen) atoms. The Morgan fingerprint density at radius 2 is 2.00 bits per heavy atom.